The number of rotatable bonds is 6. The number of nitrogens with two attached hydrogens (primary N) is 1. The van der Waals surface area contributed by atoms with E-state index in [2.05, 4.69) is 20.2 Å². The summed E-state index contributed by atoms with van der Waals surface area (Å²) in [6, 6.07) is 8.40. The van der Waals surface area contributed by atoms with E-state index in [9.17, 15) is 18.0 Å². The Morgan fingerprint density at radius 2 is 1.91 bits per heavy atom. The van der Waals surface area contributed by atoms with Gasteiger partial charge in [0.1, 0.15) is 6.61 Å². The van der Waals surface area contributed by atoms with Gasteiger partial charge in [-0.15, -0.1) is 0 Å². The highest BCUT2D eigenvalue weighted by atomic mass is 19.4. The fourth-order valence-electron chi connectivity index (χ4n) is 2.82. The van der Waals surface area contributed by atoms with Crippen molar-refractivity contribution in [2.24, 2.45) is 12.8 Å². The van der Waals surface area contributed by atoms with Gasteiger partial charge in [-0.05, 0) is 18.2 Å². The van der Waals surface area contributed by atoms with Crippen molar-refractivity contribution in [3.05, 3.63) is 65.6 Å². The highest BCUT2D eigenvalue weighted by Gasteiger charge is 2.30. The quantitative estimate of drug-likeness (QED) is 0.484. The number of carbonyl (C=O) groups is 1. The van der Waals surface area contributed by atoms with E-state index < -0.39 is 17.6 Å². The standard InChI is InChI=1S/C20H15F3N6O3/c1-29-15(10-31-16-7-6-13(8-25-16)20(21,22)23)14(9-26-29)19-27-18(28-32-19)12-4-2-11(3-5-12)17(24)30/h2-9H,10H2,1H3,(H2,24,30). The van der Waals surface area contributed by atoms with E-state index in [0.717, 1.165) is 12.1 Å². The molecule has 0 unspecified atom stereocenters. The van der Waals surface area contributed by atoms with E-state index in [1.807, 2.05) is 0 Å². The van der Waals surface area contributed by atoms with E-state index in [1.165, 1.54) is 10.9 Å². The number of nitrogens with zero attached hydrogens (tertiary/aromatic N) is 5. The zero-order valence-electron chi connectivity index (χ0n) is 16.5. The molecular formula is C20H15F3N6O3. The monoisotopic (exact) mass is 444 g/mol. The van der Waals surface area contributed by atoms with Crippen molar-refractivity contribution in [2.45, 2.75) is 12.8 Å². The number of halogens is 3. The SMILES string of the molecule is Cn1ncc(-c2nc(-c3ccc(C(N)=O)cc3)no2)c1COc1ccc(C(F)(F)F)cn1. The Morgan fingerprint density at radius 3 is 2.53 bits per heavy atom. The molecule has 3 heterocycles. The van der Waals surface area contributed by atoms with Crippen molar-refractivity contribution < 1.29 is 27.2 Å². The summed E-state index contributed by atoms with van der Waals surface area (Å²) in [7, 11) is 1.67. The average molecular weight is 444 g/mol. The summed E-state index contributed by atoms with van der Waals surface area (Å²) in [6.45, 7) is -0.0464. The third kappa shape index (κ3) is 4.29. The summed E-state index contributed by atoms with van der Waals surface area (Å²) in [5, 5.41) is 8.09. The summed E-state index contributed by atoms with van der Waals surface area (Å²) in [4.78, 5) is 19.2. The van der Waals surface area contributed by atoms with Gasteiger partial charge in [-0.25, -0.2) is 4.98 Å². The van der Waals surface area contributed by atoms with Gasteiger partial charge in [0.25, 0.3) is 5.89 Å². The van der Waals surface area contributed by atoms with Crippen LogP contribution in [-0.2, 0) is 19.8 Å². The lowest BCUT2D eigenvalue weighted by atomic mass is 10.1. The van der Waals surface area contributed by atoms with Crippen LogP contribution in [0.3, 0.4) is 0 Å². The molecule has 0 saturated heterocycles. The number of alkyl halides is 3. The third-order valence-electron chi connectivity index (χ3n) is 4.57. The number of primary amides is 1. The first-order valence-corrected chi connectivity index (χ1v) is 9.13. The van der Waals surface area contributed by atoms with Crippen LogP contribution in [-0.4, -0.2) is 30.8 Å². The van der Waals surface area contributed by atoms with Crippen LogP contribution in [0.2, 0.25) is 0 Å². The number of benzene rings is 1. The molecule has 0 fully saturated rings. The molecule has 0 aliphatic heterocycles. The van der Waals surface area contributed by atoms with Crippen LogP contribution in [0, 0.1) is 0 Å². The molecule has 4 rings (SSSR count). The van der Waals surface area contributed by atoms with Gasteiger partial charge in [0.15, 0.2) is 0 Å². The number of aromatic nitrogens is 5. The highest BCUT2D eigenvalue weighted by Crippen LogP contribution is 2.30. The summed E-state index contributed by atoms with van der Waals surface area (Å²) in [5.41, 5.74) is 6.37. The van der Waals surface area contributed by atoms with Crippen LogP contribution < -0.4 is 10.5 Å². The topological polar surface area (TPSA) is 122 Å². The maximum Gasteiger partial charge on any atom is 0.417 e. The van der Waals surface area contributed by atoms with Gasteiger partial charge in [-0.3, -0.25) is 9.48 Å². The molecule has 32 heavy (non-hydrogen) atoms. The minimum absolute atomic E-state index is 0.0194. The van der Waals surface area contributed by atoms with Crippen LogP contribution >= 0.6 is 0 Å². The molecule has 0 atom stereocenters. The van der Waals surface area contributed by atoms with Gasteiger partial charge in [0.05, 0.1) is 23.0 Å². The molecule has 3 aromatic heterocycles. The molecule has 4 aromatic rings. The van der Waals surface area contributed by atoms with Crippen LogP contribution in [0.5, 0.6) is 5.88 Å². The zero-order valence-corrected chi connectivity index (χ0v) is 16.5. The third-order valence-corrected chi connectivity index (χ3v) is 4.57. The number of ether oxygens (including phenoxy) is 1. The van der Waals surface area contributed by atoms with E-state index in [0.29, 0.717) is 28.6 Å². The first-order valence-electron chi connectivity index (χ1n) is 9.13. The normalized spacial score (nSPS) is 11.5. The van der Waals surface area contributed by atoms with Crippen molar-refractivity contribution >= 4 is 5.91 Å². The molecule has 0 bridgehead atoms. The maximum absolute atomic E-state index is 12.7. The predicted octanol–water partition coefficient (Wildman–Crippen LogP) is 3.23. The Balaban J connectivity index is 1.52. The van der Waals surface area contributed by atoms with Crippen LogP contribution in [0.1, 0.15) is 21.6 Å². The second-order valence-electron chi connectivity index (χ2n) is 6.66. The second kappa shape index (κ2) is 8.13. The summed E-state index contributed by atoms with van der Waals surface area (Å²) >= 11 is 0. The number of amides is 1. The molecule has 9 nitrogen and oxygen atoms in total. The first kappa shape index (κ1) is 21.0. The van der Waals surface area contributed by atoms with Gasteiger partial charge in [-0.2, -0.15) is 23.3 Å². The van der Waals surface area contributed by atoms with Gasteiger partial charge in [0.2, 0.25) is 17.6 Å². The van der Waals surface area contributed by atoms with Crippen LogP contribution in [0.25, 0.3) is 22.8 Å². The predicted molar refractivity (Wildman–Crippen MR) is 104 cm³/mol. The van der Waals surface area contributed by atoms with Crippen molar-refractivity contribution in [3.8, 4) is 28.7 Å². The van der Waals surface area contributed by atoms with Crippen molar-refractivity contribution in [1.29, 1.82) is 0 Å². The molecule has 12 heteroatoms. The number of carbonyl (C=O) groups excluding carboxylic acids is 1. The number of hydrogen-bond acceptors (Lipinski definition) is 7. The molecule has 0 saturated carbocycles. The minimum Gasteiger partial charge on any atom is -0.471 e. The lowest BCUT2D eigenvalue weighted by molar-refractivity contribution is -0.137. The average Bonchev–Trinajstić information content (AvgIpc) is 3.39. The number of hydrogen-bond donors (Lipinski definition) is 1. The van der Waals surface area contributed by atoms with Crippen molar-refractivity contribution in [1.82, 2.24) is 24.9 Å². The Labute approximate surface area is 178 Å². The first-order chi connectivity index (χ1) is 15.2. The summed E-state index contributed by atoms with van der Waals surface area (Å²) in [6.07, 6.45) is -2.27. The molecule has 164 valence electrons. The second-order valence-corrected chi connectivity index (χ2v) is 6.66. The molecule has 0 aliphatic rings. The molecule has 0 spiro atoms. The fraction of sp³-hybridized carbons (Fsp3) is 0.150. The summed E-state index contributed by atoms with van der Waals surface area (Å²) < 4.78 is 50.4. The lowest BCUT2D eigenvalue weighted by Crippen LogP contribution is -2.10. The smallest absolute Gasteiger partial charge is 0.417 e. The molecule has 0 aliphatic carbocycles. The molecular weight excluding hydrogens is 429 g/mol. The van der Waals surface area contributed by atoms with E-state index >= 15 is 0 Å². The Morgan fingerprint density at radius 1 is 1.16 bits per heavy atom. The van der Waals surface area contributed by atoms with Crippen LogP contribution in [0.15, 0.2) is 53.3 Å². The summed E-state index contributed by atoms with van der Waals surface area (Å²) in [5.74, 6) is -0.0685. The number of pyridine rings is 1. The zero-order chi connectivity index (χ0) is 22.9. The van der Waals surface area contributed by atoms with E-state index in [-0.39, 0.29) is 24.2 Å². The van der Waals surface area contributed by atoms with Crippen molar-refractivity contribution in [2.75, 3.05) is 0 Å². The Kier molecular flexibility index (Phi) is 5.34. The van der Waals surface area contributed by atoms with E-state index in [4.69, 9.17) is 15.0 Å². The largest absolute Gasteiger partial charge is 0.471 e. The van der Waals surface area contributed by atoms with Gasteiger partial charge >= 0.3 is 6.18 Å². The maximum atomic E-state index is 12.7. The fourth-order valence-corrected chi connectivity index (χ4v) is 2.82. The Bertz CT molecular complexity index is 1250. The highest BCUT2D eigenvalue weighted by molar-refractivity contribution is 5.93. The van der Waals surface area contributed by atoms with Crippen molar-refractivity contribution in [3.63, 3.8) is 0 Å². The van der Waals surface area contributed by atoms with Gasteiger partial charge in [0, 0.05) is 30.4 Å². The van der Waals surface area contributed by atoms with Crippen LogP contribution in [0.4, 0.5) is 13.2 Å². The molecule has 1 aromatic carbocycles. The molecule has 1 amide bonds. The van der Waals surface area contributed by atoms with Gasteiger partial charge in [-0.1, -0.05) is 17.3 Å². The molecule has 2 N–H and O–H groups in total. The molecule has 0 radical (unpaired) electrons. The van der Waals surface area contributed by atoms with E-state index in [1.54, 1.807) is 31.3 Å². The van der Waals surface area contributed by atoms with Gasteiger partial charge < -0.3 is 15.0 Å². The number of aryl methyl sites for hydroxylation is 1. The lowest BCUT2D eigenvalue weighted by Gasteiger charge is -2.09. The Hall–Kier alpha value is -4.22. The minimum atomic E-state index is -4.48.